The van der Waals surface area contributed by atoms with Crippen molar-refractivity contribution in [3.63, 3.8) is 0 Å². The molecule has 0 saturated carbocycles. The maximum atomic E-state index is 8.49. The lowest BCUT2D eigenvalue weighted by atomic mass is 9.96. The Labute approximate surface area is 94.5 Å². The molecule has 0 aromatic heterocycles. The Kier molecular flexibility index (Phi) is 3.50. The van der Waals surface area contributed by atoms with Crippen molar-refractivity contribution < 1.29 is 0 Å². The molecule has 0 heterocycles. The first kappa shape index (κ1) is 11.8. The zero-order chi connectivity index (χ0) is 11.6. The second-order valence-electron chi connectivity index (χ2n) is 3.46. The molecule has 1 aromatic carbocycles. The number of nitrogens with two attached hydrogens (primary N) is 1. The summed E-state index contributed by atoms with van der Waals surface area (Å²) in [5, 5.41) is 3.68. The Morgan fingerprint density at radius 1 is 1.27 bits per heavy atom. The Morgan fingerprint density at radius 2 is 1.87 bits per heavy atom. The van der Waals surface area contributed by atoms with Crippen LogP contribution in [0.5, 0.6) is 0 Å². The fourth-order valence-corrected chi connectivity index (χ4v) is 2.18. The number of hydrogen-bond donors (Lipinski definition) is 2. The molecule has 2 N–H and O–H groups in total. The molecule has 0 aliphatic heterocycles. The highest BCUT2D eigenvalue weighted by atomic mass is 32.1. The second kappa shape index (κ2) is 4.47. The van der Waals surface area contributed by atoms with Crippen LogP contribution < -0.4 is 5.73 Å². The number of anilines is 1. The number of thiol groups is 1. The Morgan fingerprint density at radius 3 is 2.33 bits per heavy atom. The molecule has 0 saturated heterocycles. The summed E-state index contributed by atoms with van der Waals surface area (Å²) in [7, 11) is 0. The highest BCUT2D eigenvalue weighted by molar-refractivity contribution is 7.79. The van der Waals surface area contributed by atoms with Crippen molar-refractivity contribution in [2.75, 3.05) is 5.73 Å². The molecule has 0 spiro atoms. The topological polar surface area (TPSA) is 74.8 Å². The highest BCUT2D eigenvalue weighted by Gasteiger charge is 2.13. The van der Waals surface area contributed by atoms with Gasteiger partial charge in [-0.05, 0) is 48.6 Å². The number of benzene rings is 1. The van der Waals surface area contributed by atoms with Gasteiger partial charge in [0.1, 0.15) is 0 Å². The van der Waals surface area contributed by atoms with Crippen molar-refractivity contribution in [1.82, 2.24) is 0 Å². The maximum Gasteiger partial charge on any atom is 0.0457 e. The Balaban J connectivity index is 3.67. The van der Waals surface area contributed by atoms with Gasteiger partial charge in [0.15, 0.2) is 0 Å². The molecular formula is C10H14N4S. The zero-order valence-corrected chi connectivity index (χ0v) is 9.97. The van der Waals surface area contributed by atoms with Crippen molar-refractivity contribution in [1.29, 1.82) is 0 Å². The quantitative estimate of drug-likeness (QED) is 0.259. The smallest absolute Gasteiger partial charge is 0.0457 e. The predicted molar refractivity (Wildman–Crippen MR) is 66.6 cm³/mol. The summed E-state index contributed by atoms with van der Waals surface area (Å²) in [6, 6.07) is 0. The van der Waals surface area contributed by atoms with E-state index in [0.29, 0.717) is 17.1 Å². The third kappa shape index (κ3) is 1.89. The number of nitrogen functional groups attached to an aromatic ring is 1. The molecule has 0 fully saturated rings. The van der Waals surface area contributed by atoms with Gasteiger partial charge in [0.2, 0.25) is 0 Å². The SMILES string of the molecule is Cc1c(N)c(C)c(N=[N+]=[N-])c(C)c1CS. The van der Waals surface area contributed by atoms with Crippen LogP contribution in [-0.2, 0) is 5.75 Å². The van der Waals surface area contributed by atoms with Crippen LogP contribution in [0.25, 0.3) is 10.4 Å². The molecular weight excluding hydrogens is 208 g/mol. The number of rotatable bonds is 2. The molecule has 80 valence electrons. The van der Waals surface area contributed by atoms with E-state index in [1.165, 1.54) is 0 Å². The lowest BCUT2D eigenvalue weighted by molar-refractivity contribution is 1.20. The van der Waals surface area contributed by atoms with Crippen LogP contribution in [0, 0.1) is 20.8 Å². The van der Waals surface area contributed by atoms with Crippen molar-refractivity contribution in [2.45, 2.75) is 26.5 Å². The van der Waals surface area contributed by atoms with Gasteiger partial charge < -0.3 is 5.73 Å². The minimum absolute atomic E-state index is 0.593. The normalized spacial score (nSPS) is 9.87. The number of hydrogen-bond acceptors (Lipinski definition) is 3. The van der Waals surface area contributed by atoms with Crippen LogP contribution in [0.2, 0.25) is 0 Å². The van der Waals surface area contributed by atoms with E-state index in [4.69, 9.17) is 11.3 Å². The average Bonchev–Trinajstić information content (AvgIpc) is 2.22. The van der Waals surface area contributed by atoms with Gasteiger partial charge in [0.25, 0.3) is 0 Å². The van der Waals surface area contributed by atoms with Gasteiger partial charge in [0, 0.05) is 22.0 Å². The highest BCUT2D eigenvalue weighted by Crippen LogP contribution is 2.35. The minimum atomic E-state index is 0.593. The van der Waals surface area contributed by atoms with E-state index in [-0.39, 0.29) is 0 Å². The lowest BCUT2D eigenvalue weighted by Gasteiger charge is -2.16. The van der Waals surface area contributed by atoms with E-state index in [2.05, 4.69) is 22.7 Å². The van der Waals surface area contributed by atoms with E-state index >= 15 is 0 Å². The summed E-state index contributed by atoms with van der Waals surface area (Å²) in [6.07, 6.45) is 0. The van der Waals surface area contributed by atoms with Gasteiger partial charge in [-0.2, -0.15) is 12.6 Å². The first-order valence-electron chi connectivity index (χ1n) is 4.58. The Bertz CT molecular complexity index is 447. The summed E-state index contributed by atoms with van der Waals surface area (Å²) < 4.78 is 0. The van der Waals surface area contributed by atoms with E-state index in [9.17, 15) is 0 Å². The summed E-state index contributed by atoms with van der Waals surface area (Å²) in [6.45, 7) is 5.75. The Hall–Kier alpha value is -1.32. The molecule has 4 nitrogen and oxygen atoms in total. The van der Waals surface area contributed by atoms with Gasteiger partial charge in [-0.25, -0.2) is 0 Å². The third-order valence-electron chi connectivity index (χ3n) is 2.73. The summed E-state index contributed by atoms with van der Waals surface area (Å²) in [5.74, 6) is 0.593. The molecule has 0 aliphatic carbocycles. The van der Waals surface area contributed by atoms with Gasteiger partial charge in [-0.15, -0.1) is 0 Å². The molecule has 0 radical (unpaired) electrons. The molecule has 1 rings (SSSR count). The first-order valence-corrected chi connectivity index (χ1v) is 5.21. The fourth-order valence-electron chi connectivity index (χ4n) is 1.71. The van der Waals surface area contributed by atoms with Crippen LogP contribution >= 0.6 is 12.6 Å². The fraction of sp³-hybridized carbons (Fsp3) is 0.400. The zero-order valence-electron chi connectivity index (χ0n) is 9.07. The third-order valence-corrected chi connectivity index (χ3v) is 3.04. The van der Waals surface area contributed by atoms with Crippen LogP contribution in [0.1, 0.15) is 22.3 Å². The van der Waals surface area contributed by atoms with Crippen LogP contribution in [0.15, 0.2) is 5.11 Å². The molecule has 0 unspecified atom stereocenters. The summed E-state index contributed by atoms with van der Waals surface area (Å²) >= 11 is 4.26. The molecule has 0 aliphatic rings. The first-order chi connectivity index (χ1) is 7.04. The molecule has 1 aromatic rings. The van der Waals surface area contributed by atoms with Crippen LogP contribution in [-0.4, -0.2) is 0 Å². The van der Waals surface area contributed by atoms with E-state index in [1.54, 1.807) is 0 Å². The van der Waals surface area contributed by atoms with E-state index in [1.807, 2.05) is 20.8 Å². The molecule has 5 heteroatoms. The van der Waals surface area contributed by atoms with Crippen molar-refractivity contribution >= 4 is 24.0 Å². The standard InChI is InChI=1S/C10H14N4S/c1-5-8(4-15)6(2)10(13-14-12)7(3)9(5)11/h15H,4,11H2,1-3H3. The van der Waals surface area contributed by atoms with Crippen molar-refractivity contribution in [3.8, 4) is 0 Å². The average molecular weight is 222 g/mol. The van der Waals surface area contributed by atoms with Gasteiger partial charge >= 0.3 is 0 Å². The molecule has 15 heavy (non-hydrogen) atoms. The van der Waals surface area contributed by atoms with Crippen LogP contribution in [0.3, 0.4) is 0 Å². The van der Waals surface area contributed by atoms with Gasteiger partial charge in [-0.1, -0.05) is 5.11 Å². The largest absolute Gasteiger partial charge is 0.398 e. The molecule has 0 amide bonds. The monoisotopic (exact) mass is 222 g/mol. The van der Waals surface area contributed by atoms with E-state index in [0.717, 1.165) is 22.3 Å². The van der Waals surface area contributed by atoms with Crippen LogP contribution in [0.4, 0.5) is 11.4 Å². The van der Waals surface area contributed by atoms with E-state index < -0.39 is 0 Å². The second-order valence-corrected chi connectivity index (χ2v) is 3.78. The lowest BCUT2D eigenvalue weighted by Crippen LogP contribution is -2.01. The summed E-state index contributed by atoms with van der Waals surface area (Å²) in [5.41, 5.74) is 19.6. The number of nitrogens with zero attached hydrogens (tertiary/aromatic N) is 3. The maximum absolute atomic E-state index is 8.49. The predicted octanol–water partition coefficient (Wildman–Crippen LogP) is 3.57. The van der Waals surface area contributed by atoms with Gasteiger partial charge in [-0.3, -0.25) is 0 Å². The molecule has 0 atom stereocenters. The number of azide groups is 1. The molecule has 0 bridgehead atoms. The summed E-state index contributed by atoms with van der Waals surface area (Å²) in [4.78, 5) is 2.82. The van der Waals surface area contributed by atoms with Crippen molar-refractivity contribution in [3.05, 3.63) is 32.7 Å². The van der Waals surface area contributed by atoms with Crippen molar-refractivity contribution in [2.24, 2.45) is 5.11 Å². The van der Waals surface area contributed by atoms with Gasteiger partial charge in [0.05, 0.1) is 0 Å². The minimum Gasteiger partial charge on any atom is -0.398 e.